The zero-order valence-electron chi connectivity index (χ0n) is 21.0. The molecule has 7 nitrogen and oxygen atoms in total. The van der Waals surface area contributed by atoms with Crippen LogP contribution in [-0.2, 0) is 4.79 Å². The molecule has 1 saturated carbocycles. The largest absolute Gasteiger partial charge is 0.491 e. The highest BCUT2D eigenvalue weighted by molar-refractivity contribution is 5.98. The van der Waals surface area contributed by atoms with E-state index in [4.69, 9.17) is 10.5 Å². The topological polar surface area (TPSA) is 96.7 Å². The minimum Gasteiger partial charge on any atom is -0.491 e. The maximum atomic E-state index is 12.9. The van der Waals surface area contributed by atoms with E-state index in [-0.39, 0.29) is 17.4 Å². The number of nitrogens with two attached hydrogens (primary N) is 1. The van der Waals surface area contributed by atoms with E-state index in [1.807, 2.05) is 6.92 Å². The number of carbonyl (C=O) groups is 2. The maximum absolute atomic E-state index is 12.9. The van der Waals surface area contributed by atoms with Gasteiger partial charge in [-0.05, 0) is 58.0 Å². The summed E-state index contributed by atoms with van der Waals surface area (Å²) in [7, 11) is 4.15. The third-order valence-corrected chi connectivity index (χ3v) is 6.80. The highest BCUT2D eigenvalue weighted by Crippen LogP contribution is 2.33. The Hall–Kier alpha value is -2.28. The number of unbranched alkanes of at least 4 members (excludes halogenated alkanes) is 3. The van der Waals surface area contributed by atoms with Gasteiger partial charge in [0.15, 0.2) is 0 Å². The smallest absolute Gasteiger partial charge is 0.252 e. The lowest BCUT2D eigenvalue weighted by Crippen LogP contribution is -2.54. The number of carbonyl (C=O) groups excluding carboxylic acids is 2. The number of nitrogen functional groups attached to an aromatic ring is 1. The summed E-state index contributed by atoms with van der Waals surface area (Å²) in [6, 6.07) is 4.49. The van der Waals surface area contributed by atoms with E-state index in [1.54, 1.807) is 18.2 Å². The van der Waals surface area contributed by atoms with Gasteiger partial charge >= 0.3 is 0 Å². The average Bonchev–Trinajstić information content (AvgIpc) is 3.28. The summed E-state index contributed by atoms with van der Waals surface area (Å²) in [4.78, 5) is 28.0. The van der Waals surface area contributed by atoms with E-state index in [1.165, 1.54) is 25.7 Å². The molecular formula is C26H44N4O3. The monoisotopic (exact) mass is 460 g/mol. The summed E-state index contributed by atoms with van der Waals surface area (Å²) in [5.74, 6) is 0.169. The zero-order chi connectivity index (χ0) is 24.3. The van der Waals surface area contributed by atoms with Crippen LogP contribution in [0, 0.1) is 0 Å². The minimum absolute atomic E-state index is 0.0112. The van der Waals surface area contributed by atoms with Gasteiger partial charge in [0.1, 0.15) is 11.8 Å². The van der Waals surface area contributed by atoms with Gasteiger partial charge in [0.25, 0.3) is 5.91 Å². The number of benzene rings is 1. The van der Waals surface area contributed by atoms with Crippen LogP contribution >= 0.6 is 0 Å². The van der Waals surface area contributed by atoms with Gasteiger partial charge in [0, 0.05) is 17.6 Å². The Morgan fingerprint density at radius 3 is 2.45 bits per heavy atom. The lowest BCUT2D eigenvalue weighted by atomic mass is 9.95. The third kappa shape index (κ3) is 7.91. The Morgan fingerprint density at radius 2 is 1.85 bits per heavy atom. The molecule has 33 heavy (non-hydrogen) atoms. The van der Waals surface area contributed by atoms with Crippen molar-refractivity contribution >= 4 is 17.5 Å². The molecule has 1 aromatic rings. The molecule has 1 aliphatic carbocycles. The molecule has 0 bridgehead atoms. The predicted molar refractivity (Wildman–Crippen MR) is 135 cm³/mol. The van der Waals surface area contributed by atoms with Crippen molar-refractivity contribution in [1.29, 1.82) is 0 Å². The van der Waals surface area contributed by atoms with E-state index in [0.717, 1.165) is 32.1 Å². The molecule has 2 amide bonds. The van der Waals surface area contributed by atoms with Crippen LogP contribution < -0.4 is 21.1 Å². The van der Waals surface area contributed by atoms with E-state index in [2.05, 4.69) is 36.6 Å². The number of nitrogens with one attached hydrogen (secondary N) is 2. The van der Waals surface area contributed by atoms with Gasteiger partial charge in [-0.25, -0.2) is 0 Å². The maximum Gasteiger partial charge on any atom is 0.252 e. The predicted octanol–water partition coefficient (Wildman–Crippen LogP) is 4.12. The minimum atomic E-state index is -0.571. The van der Waals surface area contributed by atoms with Gasteiger partial charge in [-0.1, -0.05) is 52.4 Å². The zero-order valence-corrected chi connectivity index (χ0v) is 21.0. The molecule has 7 heteroatoms. The first-order valence-electron chi connectivity index (χ1n) is 12.6. The first kappa shape index (κ1) is 27.0. The van der Waals surface area contributed by atoms with Crippen LogP contribution in [0.4, 0.5) is 5.69 Å². The molecule has 1 unspecified atom stereocenters. The van der Waals surface area contributed by atoms with Gasteiger partial charge in [-0.15, -0.1) is 0 Å². The summed E-state index contributed by atoms with van der Waals surface area (Å²) >= 11 is 0. The number of nitrogens with zero attached hydrogens (tertiary/aromatic N) is 1. The molecule has 2 rings (SSSR count). The molecule has 0 radical (unpaired) electrons. The van der Waals surface area contributed by atoms with Crippen molar-refractivity contribution < 1.29 is 14.3 Å². The summed E-state index contributed by atoms with van der Waals surface area (Å²) in [5.41, 5.74) is 7.00. The fraction of sp³-hybridized carbons (Fsp3) is 0.692. The quantitative estimate of drug-likeness (QED) is 0.287. The average molecular weight is 461 g/mol. The Labute approximate surface area is 199 Å². The molecule has 1 fully saturated rings. The molecule has 186 valence electrons. The number of rotatable bonds is 14. The normalized spacial score (nSPS) is 15.9. The molecule has 0 spiro atoms. The van der Waals surface area contributed by atoms with Crippen molar-refractivity contribution in [2.24, 2.45) is 0 Å². The molecule has 1 aliphatic rings. The Kier molecular flexibility index (Phi) is 11.0. The van der Waals surface area contributed by atoms with Crippen LogP contribution in [0.15, 0.2) is 18.2 Å². The van der Waals surface area contributed by atoms with Crippen molar-refractivity contribution in [3.05, 3.63) is 23.8 Å². The van der Waals surface area contributed by atoms with Crippen LogP contribution in [0.2, 0.25) is 0 Å². The number of ether oxygens (including phenoxy) is 1. The van der Waals surface area contributed by atoms with Crippen molar-refractivity contribution in [3.8, 4) is 5.75 Å². The summed E-state index contributed by atoms with van der Waals surface area (Å²) in [6.45, 7) is 5.40. The molecule has 0 saturated heterocycles. The molecular weight excluding hydrogens is 416 g/mol. The molecule has 1 atom stereocenters. The second-order valence-electron chi connectivity index (χ2n) is 9.52. The fourth-order valence-corrected chi connectivity index (χ4v) is 4.52. The molecule has 1 aromatic carbocycles. The summed E-state index contributed by atoms with van der Waals surface area (Å²) < 4.78 is 5.76. The fourth-order valence-electron chi connectivity index (χ4n) is 4.52. The second-order valence-corrected chi connectivity index (χ2v) is 9.52. The Bertz CT molecular complexity index is 760. The SMILES string of the molecule is CCCCCCOc1ccc(C(=O)NC(CCC)C(=O)NCC2(N(C)C)CCCC2)cc1N. The van der Waals surface area contributed by atoms with Crippen LogP contribution in [0.3, 0.4) is 0 Å². The standard InChI is InChI=1S/C26H44N4O3/c1-5-7-8-11-17-33-23-14-13-20(18-21(23)27)24(31)29-22(12-6-2)25(32)28-19-26(30(3)4)15-9-10-16-26/h13-14,18,22H,5-12,15-17,19,27H2,1-4H3,(H,28,32)(H,29,31). The number of anilines is 1. The van der Waals surface area contributed by atoms with Gasteiger partial charge in [-0.3, -0.25) is 9.59 Å². The number of hydrogen-bond acceptors (Lipinski definition) is 5. The Balaban J connectivity index is 1.94. The van der Waals surface area contributed by atoms with Crippen molar-refractivity contribution in [2.45, 2.75) is 89.6 Å². The Morgan fingerprint density at radius 1 is 1.12 bits per heavy atom. The number of likely N-dealkylation sites (N-methyl/N-ethyl adjacent to an activating group) is 1. The van der Waals surface area contributed by atoms with E-state index in [0.29, 0.717) is 36.6 Å². The number of amides is 2. The van der Waals surface area contributed by atoms with Gasteiger partial charge in [0.2, 0.25) is 5.91 Å². The van der Waals surface area contributed by atoms with Gasteiger partial charge in [0.05, 0.1) is 12.3 Å². The van der Waals surface area contributed by atoms with Crippen molar-refractivity contribution in [2.75, 3.05) is 33.0 Å². The van der Waals surface area contributed by atoms with Crippen molar-refractivity contribution in [1.82, 2.24) is 15.5 Å². The lowest BCUT2D eigenvalue weighted by molar-refractivity contribution is -0.123. The lowest BCUT2D eigenvalue weighted by Gasteiger charge is -2.37. The van der Waals surface area contributed by atoms with Gasteiger partial charge < -0.3 is 26.0 Å². The third-order valence-electron chi connectivity index (χ3n) is 6.80. The van der Waals surface area contributed by atoms with E-state index >= 15 is 0 Å². The first-order valence-corrected chi connectivity index (χ1v) is 12.6. The van der Waals surface area contributed by atoms with E-state index in [9.17, 15) is 9.59 Å². The first-order chi connectivity index (χ1) is 15.8. The van der Waals surface area contributed by atoms with Crippen LogP contribution in [0.5, 0.6) is 5.75 Å². The second kappa shape index (κ2) is 13.4. The highest BCUT2D eigenvalue weighted by atomic mass is 16.5. The van der Waals surface area contributed by atoms with E-state index < -0.39 is 6.04 Å². The molecule has 0 aliphatic heterocycles. The summed E-state index contributed by atoms with van der Waals surface area (Å²) in [6.07, 6.45) is 10.4. The van der Waals surface area contributed by atoms with Crippen LogP contribution in [-0.4, -0.2) is 55.5 Å². The summed E-state index contributed by atoms with van der Waals surface area (Å²) in [5, 5.41) is 6.01. The molecule has 0 heterocycles. The molecule has 4 N–H and O–H groups in total. The number of hydrogen-bond donors (Lipinski definition) is 3. The van der Waals surface area contributed by atoms with Crippen LogP contribution in [0.25, 0.3) is 0 Å². The highest BCUT2D eigenvalue weighted by Gasteiger charge is 2.36. The molecule has 0 aromatic heterocycles. The van der Waals surface area contributed by atoms with Gasteiger partial charge in [-0.2, -0.15) is 0 Å². The van der Waals surface area contributed by atoms with Crippen molar-refractivity contribution in [3.63, 3.8) is 0 Å². The van der Waals surface area contributed by atoms with Crippen LogP contribution in [0.1, 0.15) is 88.4 Å².